The minimum Gasteiger partial charge on any atom is -0.464 e. The van der Waals surface area contributed by atoms with Crippen LogP contribution in [0.15, 0.2) is 0 Å². The first-order valence-corrected chi connectivity index (χ1v) is 10.2. The summed E-state index contributed by atoms with van der Waals surface area (Å²) in [5, 5.41) is 0. The molecule has 0 aromatic heterocycles. The Morgan fingerprint density at radius 3 is 2.65 bits per heavy atom. The largest absolute Gasteiger partial charge is 0.464 e. The molecule has 146 valence electrons. The van der Waals surface area contributed by atoms with E-state index in [4.69, 9.17) is 18.8 Å². The number of rotatable bonds is 7. The highest BCUT2D eigenvalue weighted by Crippen LogP contribution is 2.55. The number of hydrogen-bond donors (Lipinski definition) is 1. The summed E-state index contributed by atoms with van der Waals surface area (Å²) in [5.41, 5.74) is -1.17. The second-order valence-corrected chi connectivity index (χ2v) is 9.03. The molecule has 6 atom stereocenters. The molecule has 2 bridgehead atoms. The van der Waals surface area contributed by atoms with Crippen LogP contribution in [-0.2, 0) is 38.7 Å². The van der Waals surface area contributed by atoms with Crippen LogP contribution in [0.3, 0.4) is 0 Å². The van der Waals surface area contributed by atoms with Gasteiger partial charge in [0, 0.05) is 11.8 Å². The molecule has 9 nitrogen and oxygen atoms in total. The van der Waals surface area contributed by atoms with Crippen molar-refractivity contribution >= 4 is 28.0 Å². The lowest BCUT2D eigenvalue weighted by Crippen LogP contribution is -2.42. The molecule has 0 aromatic carbocycles. The Morgan fingerprint density at radius 2 is 2.04 bits per heavy atom. The van der Waals surface area contributed by atoms with Gasteiger partial charge in [0.25, 0.3) is 10.1 Å². The van der Waals surface area contributed by atoms with Gasteiger partial charge in [0.1, 0.15) is 18.8 Å². The van der Waals surface area contributed by atoms with Crippen molar-refractivity contribution in [3.63, 3.8) is 0 Å². The summed E-state index contributed by atoms with van der Waals surface area (Å²) in [6, 6.07) is 0. The molecule has 3 aliphatic rings. The van der Waals surface area contributed by atoms with Gasteiger partial charge >= 0.3 is 17.9 Å². The minimum atomic E-state index is -4.49. The summed E-state index contributed by atoms with van der Waals surface area (Å²) in [4.78, 5) is 35.9. The molecule has 2 saturated carbocycles. The molecular weight excluding hydrogens is 368 g/mol. The normalized spacial score (nSPS) is 34.3. The van der Waals surface area contributed by atoms with E-state index in [1.807, 2.05) is 0 Å². The lowest BCUT2D eigenvalue weighted by Gasteiger charge is -2.31. The summed E-state index contributed by atoms with van der Waals surface area (Å²) in [5.74, 6) is -3.02. The van der Waals surface area contributed by atoms with Gasteiger partial charge in [-0.1, -0.05) is 6.92 Å². The fraction of sp³-hybridized carbons (Fsp3) is 0.812. The van der Waals surface area contributed by atoms with Crippen LogP contribution in [0, 0.1) is 23.2 Å². The highest BCUT2D eigenvalue weighted by molar-refractivity contribution is 7.86. The number of esters is 3. The smallest absolute Gasteiger partial charge is 0.323 e. The summed E-state index contributed by atoms with van der Waals surface area (Å²) < 4.78 is 45.9. The molecule has 0 radical (unpaired) electrons. The van der Waals surface area contributed by atoms with Crippen LogP contribution in [0.5, 0.6) is 0 Å². The molecule has 2 aliphatic carbocycles. The van der Waals surface area contributed by atoms with Gasteiger partial charge in [-0.2, -0.15) is 8.42 Å². The van der Waals surface area contributed by atoms with Crippen molar-refractivity contribution in [3.05, 3.63) is 0 Å². The van der Waals surface area contributed by atoms with Crippen LogP contribution < -0.4 is 0 Å². The van der Waals surface area contributed by atoms with Gasteiger partial charge in [0.15, 0.2) is 5.75 Å². The summed E-state index contributed by atoms with van der Waals surface area (Å²) in [6.07, 6.45) is 0.849. The summed E-state index contributed by atoms with van der Waals surface area (Å²) in [7, 11) is -4.49. The highest BCUT2D eigenvalue weighted by Gasteiger charge is 2.63. The van der Waals surface area contributed by atoms with Gasteiger partial charge in [-0.15, -0.1) is 0 Å². The van der Waals surface area contributed by atoms with Gasteiger partial charge < -0.3 is 14.2 Å². The first-order valence-electron chi connectivity index (χ1n) is 8.56. The standard InChI is InChI=1S/C16H22O9S/c1-3-16(2,7-23-11(17)6-26(20,21)22)15(19)25-12-8-4-9-10(5-8)14(18)24-13(9)12/h8-10,12-13H,3-7H2,1-2H3,(H,20,21,22). The third-order valence-corrected chi connectivity index (χ3v) is 6.38. The molecule has 26 heavy (non-hydrogen) atoms. The monoisotopic (exact) mass is 390 g/mol. The Labute approximate surface area is 151 Å². The Hall–Kier alpha value is -1.68. The van der Waals surface area contributed by atoms with Crippen molar-refractivity contribution in [1.29, 1.82) is 0 Å². The van der Waals surface area contributed by atoms with Crippen molar-refractivity contribution in [2.75, 3.05) is 12.4 Å². The van der Waals surface area contributed by atoms with Crippen LogP contribution in [-0.4, -0.2) is 55.4 Å². The molecular formula is C16H22O9S. The van der Waals surface area contributed by atoms with Crippen molar-refractivity contribution in [1.82, 2.24) is 0 Å². The van der Waals surface area contributed by atoms with Gasteiger partial charge in [-0.25, -0.2) is 0 Å². The van der Waals surface area contributed by atoms with Gasteiger partial charge in [0.2, 0.25) is 0 Å². The van der Waals surface area contributed by atoms with E-state index in [1.54, 1.807) is 13.8 Å². The fourth-order valence-corrected chi connectivity index (χ4v) is 4.45. The van der Waals surface area contributed by atoms with Crippen molar-refractivity contribution in [3.8, 4) is 0 Å². The summed E-state index contributed by atoms with van der Waals surface area (Å²) in [6.45, 7) is 2.89. The lowest BCUT2D eigenvalue weighted by atomic mass is 9.86. The molecule has 1 saturated heterocycles. The average molecular weight is 390 g/mol. The first kappa shape index (κ1) is 19.1. The molecule has 1 aliphatic heterocycles. The Morgan fingerprint density at radius 1 is 1.35 bits per heavy atom. The third-order valence-electron chi connectivity index (χ3n) is 5.78. The Balaban J connectivity index is 1.60. The predicted molar refractivity (Wildman–Crippen MR) is 85.2 cm³/mol. The van der Waals surface area contributed by atoms with Gasteiger partial charge in [0.05, 0.1) is 11.3 Å². The lowest BCUT2D eigenvalue weighted by molar-refractivity contribution is -0.176. The average Bonchev–Trinajstić information content (AvgIpc) is 3.15. The number of hydrogen-bond acceptors (Lipinski definition) is 8. The maximum absolute atomic E-state index is 12.7. The predicted octanol–water partition coefficient (Wildman–Crippen LogP) is 0.327. The first-order chi connectivity index (χ1) is 12.0. The van der Waals surface area contributed by atoms with Gasteiger partial charge in [-0.05, 0) is 26.2 Å². The Bertz CT molecular complexity index is 730. The van der Waals surface area contributed by atoms with E-state index >= 15 is 0 Å². The zero-order valence-electron chi connectivity index (χ0n) is 14.5. The van der Waals surface area contributed by atoms with E-state index in [9.17, 15) is 22.8 Å². The molecule has 1 N–H and O–H groups in total. The Kier molecular flexibility index (Phi) is 4.76. The molecule has 1 heterocycles. The van der Waals surface area contributed by atoms with Gasteiger partial charge in [-0.3, -0.25) is 18.9 Å². The van der Waals surface area contributed by atoms with E-state index in [0.717, 1.165) is 6.42 Å². The van der Waals surface area contributed by atoms with E-state index in [1.165, 1.54) is 0 Å². The van der Waals surface area contributed by atoms with Crippen LogP contribution in [0.1, 0.15) is 33.1 Å². The van der Waals surface area contributed by atoms with E-state index in [0.29, 0.717) is 12.8 Å². The van der Waals surface area contributed by atoms with E-state index in [2.05, 4.69) is 0 Å². The molecule has 3 fully saturated rings. The second-order valence-electron chi connectivity index (χ2n) is 7.57. The maximum atomic E-state index is 12.7. The number of ether oxygens (including phenoxy) is 3. The summed E-state index contributed by atoms with van der Waals surface area (Å²) >= 11 is 0. The van der Waals surface area contributed by atoms with E-state index in [-0.39, 0.29) is 30.3 Å². The number of carbonyl (C=O) groups excluding carboxylic acids is 3. The third kappa shape index (κ3) is 3.44. The second kappa shape index (κ2) is 6.49. The van der Waals surface area contributed by atoms with Crippen LogP contribution in [0.4, 0.5) is 0 Å². The number of fused-ring (bicyclic) bond motifs is 1. The zero-order chi connectivity index (χ0) is 19.3. The topological polar surface area (TPSA) is 133 Å². The van der Waals surface area contributed by atoms with Crippen LogP contribution in [0.2, 0.25) is 0 Å². The molecule has 10 heteroatoms. The minimum absolute atomic E-state index is 0.0844. The zero-order valence-corrected chi connectivity index (χ0v) is 15.4. The quantitative estimate of drug-likeness (QED) is 0.371. The molecule has 0 aromatic rings. The van der Waals surface area contributed by atoms with Crippen LogP contribution >= 0.6 is 0 Å². The van der Waals surface area contributed by atoms with Crippen molar-refractivity contribution in [2.24, 2.45) is 23.2 Å². The molecule has 0 amide bonds. The highest BCUT2D eigenvalue weighted by atomic mass is 32.2. The molecule has 3 rings (SSSR count). The number of carbonyl (C=O) groups is 3. The SMILES string of the molecule is CCC(C)(COC(=O)CS(=O)(=O)O)C(=O)OC1C2CC3C(=O)OC1C3C2. The van der Waals surface area contributed by atoms with Crippen molar-refractivity contribution < 1.29 is 41.6 Å². The fourth-order valence-electron chi connectivity index (χ4n) is 4.07. The van der Waals surface area contributed by atoms with Crippen LogP contribution in [0.25, 0.3) is 0 Å². The van der Waals surface area contributed by atoms with E-state index < -0.39 is 45.4 Å². The van der Waals surface area contributed by atoms with Crippen molar-refractivity contribution in [2.45, 2.75) is 45.3 Å². The maximum Gasteiger partial charge on any atom is 0.323 e. The molecule has 6 unspecified atom stereocenters. The molecule has 0 spiro atoms.